The molecule has 1 aromatic carbocycles. The zero-order chi connectivity index (χ0) is 11.4. The van der Waals surface area contributed by atoms with E-state index in [1.165, 1.54) is 31.2 Å². The molecule has 1 aliphatic rings. The lowest BCUT2D eigenvalue weighted by atomic mass is 9.89. The molecule has 0 aliphatic heterocycles. The van der Waals surface area contributed by atoms with Gasteiger partial charge in [-0.1, -0.05) is 41.4 Å². The minimum Gasteiger partial charge on any atom is -0.490 e. The Hall–Kier alpha value is -0.500. The SMILES string of the molecule is CC1CCCC(Oc2cccc(CBr)c2)C1. The van der Waals surface area contributed by atoms with Gasteiger partial charge in [0.25, 0.3) is 0 Å². The van der Waals surface area contributed by atoms with Crippen LogP contribution in [0.15, 0.2) is 24.3 Å². The fourth-order valence-electron chi connectivity index (χ4n) is 2.38. The van der Waals surface area contributed by atoms with Crippen LogP contribution in [-0.4, -0.2) is 6.10 Å². The summed E-state index contributed by atoms with van der Waals surface area (Å²) in [4.78, 5) is 0. The molecule has 88 valence electrons. The van der Waals surface area contributed by atoms with E-state index < -0.39 is 0 Å². The average molecular weight is 283 g/mol. The minimum absolute atomic E-state index is 0.425. The highest BCUT2D eigenvalue weighted by molar-refractivity contribution is 9.08. The lowest BCUT2D eigenvalue weighted by Crippen LogP contribution is -2.24. The molecule has 0 amide bonds. The Kier molecular flexibility index (Phi) is 4.28. The quantitative estimate of drug-likeness (QED) is 0.740. The highest BCUT2D eigenvalue weighted by Crippen LogP contribution is 2.27. The van der Waals surface area contributed by atoms with Crippen molar-refractivity contribution in [3.63, 3.8) is 0 Å². The molecule has 2 unspecified atom stereocenters. The first-order chi connectivity index (χ1) is 7.78. The van der Waals surface area contributed by atoms with Crippen LogP contribution in [0.1, 0.15) is 38.2 Å². The molecule has 2 rings (SSSR count). The van der Waals surface area contributed by atoms with E-state index in [1.807, 2.05) is 0 Å². The molecule has 1 nitrogen and oxygen atoms in total. The summed E-state index contributed by atoms with van der Waals surface area (Å²) in [5, 5.41) is 0.894. The van der Waals surface area contributed by atoms with Crippen LogP contribution in [0, 0.1) is 5.92 Å². The van der Waals surface area contributed by atoms with Gasteiger partial charge in [0.1, 0.15) is 5.75 Å². The van der Waals surface area contributed by atoms with Gasteiger partial charge in [0.15, 0.2) is 0 Å². The third kappa shape index (κ3) is 3.24. The summed E-state index contributed by atoms with van der Waals surface area (Å²) >= 11 is 3.47. The summed E-state index contributed by atoms with van der Waals surface area (Å²) in [5.41, 5.74) is 1.28. The van der Waals surface area contributed by atoms with Gasteiger partial charge in [0.2, 0.25) is 0 Å². The van der Waals surface area contributed by atoms with E-state index in [4.69, 9.17) is 4.74 Å². The summed E-state index contributed by atoms with van der Waals surface area (Å²) in [6, 6.07) is 8.38. The molecular formula is C14H19BrO. The van der Waals surface area contributed by atoms with Crippen molar-refractivity contribution in [3.8, 4) is 5.75 Å². The van der Waals surface area contributed by atoms with Gasteiger partial charge in [0, 0.05) is 5.33 Å². The highest BCUT2D eigenvalue weighted by atomic mass is 79.9. The Bertz CT molecular complexity index is 337. The van der Waals surface area contributed by atoms with Crippen LogP contribution in [0.3, 0.4) is 0 Å². The lowest BCUT2D eigenvalue weighted by molar-refractivity contribution is 0.129. The van der Waals surface area contributed by atoms with Crippen molar-refractivity contribution in [2.45, 2.75) is 44.0 Å². The van der Waals surface area contributed by atoms with Crippen molar-refractivity contribution in [1.29, 1.82) is 0 Å². The fraction of sp³-hybridized carbons (Fsp3) is 0.571. The zero-order valence-corrected chi connectivity index (χ0v) is 11.4. The van der Waals surface area contributed by atoms with E-state index in [0.717, 1.165) is 17.0 Å². The maximum Gasteiger partial charge on any atom is 0.120 e. The third-order valence-electron chi connectivity index (χ3n) is 3.24. The van der Waals surface area contributed by atoms with Crippen LogP contribution in [0.5, 0.6) is 5.75 Å². The molecule has 2 heteroatoms. The summed E-state index contributed by atoms with van der Waals surface area (Å²) in [5.74, 6) is 1.84. The first-order valence-corrected chi connectivity index (χ1v) is 7.21. The Morgan fingerprint density at radius 1 is 1.38 bits per heavy atom. The summed E-state index contributed by atoms with van der Waals surface area (Å²) in [7, 11) is 0. The van der Waals surface area contributed by atoms with Gasteiger partial charge in [-0.3, -0.25) is 0 Å². The fourth-order valence-corrected chi connectivity index (χ4v) is 2.73. The number of alkyl halides is 1. The van der Waals surface area contributed by atoms with Crippen molar-refractivity contribution in [3.05, 3.63) is 29.8 Å². The number of halogens is 1. The lowest BCUT2D eigenvalue weighted by Gasteiger charge is -2.27. The number of rotatable bonds is 3. The number of hydrogen-bond donors (Lipinski definition) is 0. The third-order valence-corrected chi connectivity index (χ3v) is 3.89. The molecule has 16 heavy (non-hydrogen) atoms. The highest BCUT2D eigenvalue weighted by Gasteiger charge is 2.20. The maximum atomic E-state index is 6.05. The van der Waals surface area contributed by atoms with Crippen LogP contribution in [0.25, 0.3) is 0 Å². The van der Waals surface area contributed by atoms with Gasteiger partial charge in [0.05, 0.1) is 6.10 Å². The van der Waals surface area contributed by atoms with Crippen LogP contribution < -0.4 is 4.74 Å². The van der Waals surface area contributed by atoms with Crippen LogP contribution in [0.4, 0.5) is 0 Å². The van der Waals surface area contributed by atoms with Crippen molar-refractivity contribution < 1.29 is 4.74 Å². The normalized spacial score (nSPS) is 25.4. The minimum atomic E-state index is 0.425. The van der Waals surface area contributed by atoms with E-state index in [2.05, 4.69) is 47.1 Å². The van der Waals surface area contributed by atoms with Gasteiger partial charge in [-0.2, -0.15) is 0 Å². The van der Waals surface area contributed by atoms with E-state index >= 15 is 0 Å². The predicted molar refractivity (Wildman–Crippen MR) is 71.1 cm³/mol. The summed E-state index contributed by atoms with van der Waals surface area (Å²) in [6.45, 7) is 2.32. The summed E-state index contributed by atoms with van der Waals surface area (Å²) < 4.78 is 6.05. The molecule has 1 fully saturated rings. The Morgan fingerprint density at radius 2 is 2.25 bits per heavy atom. The second kappa shape index (κ2) is 5.72. The average Bonchev–Trinajstić information content (AvgIpc) is 2.29. The Labute approximate surface area is 106 Å². The molecule has 0 aromatic heterocycles. The van der Waals surface area contributed by atoms with E-state index in [1.54, 1.807) is 0 Å². The molecule has 0 N–H and O–H groups in total. The molecule has 1 saturated carbocycles. The molecule has 1 aromatic rings. The number of benzene rings is 1. The van der Waals surface area contributed by atoms with Gasteiger partial charge >= 0.3 is 0 Å². The maximum absolute atomic E-state index is 6.05. The van der Waals surface area contributed by atoms with Crippen molar-refractivity contribution in [2.24, 2.45) is 5.92 Å². The van der Waals surface area contributed by atoms with Gasteiger partial charge < -0.3 is 4.74 Å². The predicted octanol–water partition coefficient (Wildman–Crippen LogP) is 4.54. The van der Waals surface area contributed by atoms with Gasteiger partial charge in [-0.15, -0.1) is 0 Å². The topological polar surface area (TPSA) is 9.23 Å². The molecule has 0 bridgehead atoms. The van der Waals surface area contributed by atoms with E-state index in [9.17, 15) is 0 Å². The molecule has 1 aliphatic carbocycles. The molecule has 0 saturated heterocycles. The number of ether oxygens (including phenoxy) is 1. The van der Waals surface area contributed by atoms with Crippen LogP contribution in [-0.2, 0) is 5.33 Å². The second-order valence-corrected chi connectivity index (χ2v) is 5.35. The van der Waals surface area contributed by atoms with Crippen molar-refractivity contribution in [1.82, 2.24) is 0 Å². The Morgan fingerprint density at radius 3 is 3.00 bits per heavy atom. The van der Waals surface area contributed by atoms with E-state index in [0.29, 0.717) is 6.10 Å². The zero-order valence-electron chi connectivity index (χ0n) is 9.79. The standard InChI is InChI=1S/C14H19BrO/c1-11-4-2-6-13(8-11)16-14-7-3-5-12(9-14)10-15/h3,5,7,9,11,13H,2,4,6,8,10H2,1H3. The first-order valence-electron chi connectivity index (χ1n) is 6.09. The smallest absolute Gasteiger partial charge is 0.120 e. The first kappa shape index (κ1) is 12.0. The molecule has 0 spiro atoms. The molecular weight excluding hydrogens is 264 g/mol. The summed E-state index contributed by atoms with van der Waals surface area (Å²) in [6.07, 6.45) is 5.52. The Balaban J connectivity index is 1.97. The van der Waals surface area contributed by atoms with Crippen LogP contribution >= 0.6 is 15.9 Å². The molecule has 0 radical (unpaired) electrons. The molecule has 0 heterocycles. The van der Waals surface area contributed by atoms with Crippen molar-refractivity contribution in [2.75, 3.05) is 0 Å². The molecule has 2 atom stereocenters. The second-order valence-electron chi connectivity index (χ2n) is 4.79. The van der Waals surface area contributed by atoms with Gasteiger partial charge in [-0.05, 0) is 42.9 Å². The van der Waals surface area contributed by atoms with Crippen molar-refractivity contribution >= 4 is 15.9 Å². The van der Waals surface area contributed by atoms with E-state index in [-0.39, 0.29) is 0 Å². The van der Waals surface area contributed by atoms with Gasteiger partial charge in [-0.25, -0.2) is 0 Å². The number of hydrogen-bond acceptors (Lipinski definition) is 1. The largest absolute Gasteiger partial charge is 0.490 e. The monoisotopic (exact) mass is 282 g/mol. The van der Waals surface area contributed by atoms with Crippen LogP contribution in [0.2, 0.25) is 0 Å².